The van der Waals surface area contributed by atoms with Crippen LogP contribution in [0.1, 0.15) is 10.4 Å². The molecule has 2 aromatic carbocycles. The molecule has 0 aliphatic rings. The molecule has 0 bridgehead atoms. The average molecular weight is 378 g/mol. The minimum atomic E-state index is -0.986. The molecule has 4 nitrogen and oxygen atoms in total. The minimum Gasteiger partial charge on any atom is -0.340 e. The highest BCUT2D eigenvalue weighted by Gasteiger charge is 2.16. The van der Waals surface area contributed by atoms with E-state index < -0.39 is 23.4 Å². The van der Waals surface area contributed by atoms with Gasteiger partial charge < -0.3 is 10.6 Å². The van der Waals surface area contributed by atoms with Gasteiger partial charge in [0.05, 0.1) is 22.5 Å². The number of nitrogens with one attached hydrogen (secondary N) is 2. The SMILES string of the molecule is O=C(Nc1ccc(Nc2ccc(F)c(F)c2)nc1)c1c(F)cccc1Cl. The maximum Gasteiger partial charge on any atom is 0.260 e. The summed E-state index contributed by atoms with van der Waals surface area (Å²) in [6, 6.07) is 10.3. The van der Waals surface area contributed by atoms with Crippen molar-refractivity contribution in [2.75, 3.05) is 10.6 Å². The smallest absolute Gasteiger partial charge is 0.260 e. The average Bonchev–Trinajstić information content (AvgIpc) is 2.60. The fourth-order valence-corrected chi connectivity index (χ4v) is 2.42. The number of anilines is 3. The van der Waals surface area contributed by atoms with E-state index in [-0.39, 0.29) is 10.6 Å². The van der Waals surface area contributed by atoms with Gasteiger partial charge >= 0.3 is 0 Å². The summed E-state index contributed by atoms with van der Waals surface area (Å²) in [5.74, 6) is -3.04. The number of rotatable bonds is 4. The van der Waals surface area contributed by atoms with Crippen molar-refractivity contribution in [2.45, 2.75) is 0 Å². The first kappa shape index (κ1) is 17.8. The Morgan fingerprint density at radius 1 is 0.923 bits per heavy atom. The van der Waals surface area contributed by atoms with Crippen LogP contribution in [0.4, 0.5) is 30.4 Å². The van der Waals surface area contributed by atoms with E-state index in [1.54, 1.807) is 0 Å². The molecule has 3 rings (SSSR count). The van der Waals surface area contributed by atoms with E-state index in [1.165, 1.54) is 36.5 Å². The van der Waals surface area contributed by atoms with Gasteiger partial charge in [-0.3, -0.25) is 4.79 Å². The van der Waals surface area contributed by atoms with Crippen LogP contribution in [0.25, 0.3) is 0 Å². The summed E-state index contributed by atoms with van der Waals surface area (Å²) in [6.07, 6.45) is 1.33. The molecule has 0 radical (unpaired) electrons. The van der Waals surface area contributed by atoms with E-state index in [4.69, 9.17) is 11.6 Å². The molecule has 2 N–H and O–H groups in total. The lowest BCUT2D eigenvalue weighted by molar-refractivity contribution is 0.102. The summed E-state index contributed by atoms with van der Waals surface area (Å²) in [4.78, 5) is 16.2. The lowest BCUT2D eigenvalue weighted by atomic mass is 10.2. The first-order chi connectivity index (χ1) is 12.4. The second-order valence-electron chi connectivity index (χ2n) is 5.24. The van der Waals surface area contributed by atoms with Gasteiger partial charge in [-0.05, 0) is 36.4 Å². The zero-order valence-corrected chi connectivity index (χ0v) is 13.8. The van der Waals surface area contributed by atoms with E-state index >= 15 is 0 Å². The van der Waals surface area contributed by atoms with Gasteiger partial charge in [-0.1, -0.05) is 17.7 Å². The Kier molecular flexibility index (Phi) is 5.09. The van der Waals surface area contributed by atoms with Crippen LogP contribution < -0.4 is 10.6 Å². The van der Waals surface area contributed by atoms with E-state index in [0.29, 0.717) is 17.2 Å². The molecule has 0 atom stereocenters. The minimum absolute atomic E-state index is 0.00733. The number of carbonyl (C=O) groups excluding carboxylic acids is 1. The molecule has 132 valence electrons. The van der Waals surface area contributed by atoms with Gasteiger partial charge in [0.2, 0.25) is 0 Å². The number of halogens is 4. The zero-order chi connectivity index (χ0) is 18.7. The molecular weight excluding hydrogens is 367 g/mol. The summed E-state index contributed by atoms with van der Waals surface area (Å²) < 4.78 is 39.8. The molecule has 1 aromatic heterocycles. The fraction of sp³-hybridized carbons (Fsp3) is 0. The van der Waals surface area contributed by atoms with Crippen LogP contribution >= 0.6 is 11.6 Å². The topological polar surface area (TPSA) is 54.0 Å². The van der Waals surface area contributed by atoms with Crippen LogP contribution in [-0.2, 0) is 0 Å². The van der Waals surface area contributed by atoms with Crippen LogP contribution in [0.2, 0.25) is 5.02 Å². The largest absolute Gasteiger partial charge is 0.340 e. The van der Waals surface area contributed by atoms with Gasteiger partial charge in [0.1, 0.15) is 11.6 Å². The predicted molar refractivity (Wildman–Crippen MR) is 93.2 cm³/mol. The molecule has 0 spiro atoms. The van der Waals surface area contributed by atoms with Crippen LogP contribution in [0.3, 0.4) is 0 Å². The Morgan fingerprint density at radius 2 is 1.69 bits per heavy atom. The predicted octanol–water partition coefficient (Wildman–Crippen LogP) is 5.15. The molecule has 26 heavy (non-hydrogen) atoms. The Labute approximate surface area is 151 Å². The molecule has 0 saturated carbocycles. The zero-order valence-electron chi connectivity index (χ0n) is 13.1. The third kappa shape index (κ3) is 3.94. The van der Waals surface area contributed by atoms with Gasteiger partial charge in [-0.15, -0.1) is 0 Å². The van der Waals surface area contributed by atoms with Crippen LogP contribution in [-0.4, -0.2) is 10.9 Å². The highest BCUT2D eigenvalue weighted by Crippen LogP contribution is 2.22. The van der Waals surface area contributed by atoms with Gasteiger partial charge in [-0.25, -0.2) is 18.2 Å². The summed E-state index contributed by atoms with van der Waals surface area (Å²) in [5.41, 5.74) is 0.356. The second-order valence-corrected chi connectivity index (χ2v) is 5.64. The number of hydrogen-bond donors (Lipinski definition) is 2. The third-order valence-electron chi connectivity index (χ3n) is 3.40. The molecule has 0 aliphatic carbocycles. The van der Waals surface area contributed by atoms with Crippen LogP contribution in [0.15, 0.2) is 54.7 Å². The Bertz CT molecular complexity index is 944. The van der Waals surface area contributed by atoms with Crippen molar-refractivity contribution in [3.63, 3.8) is 0 Å². The molecule has 0 saturated heterocycles. The number of pyridine rings is 1. The fourth-order valence-electron chi connectivity index (χ4n) is 2.17. The Balaban J connectivity index is 1.71. The highest BCUT2D eigenvalue weighted by molar-refractivity contribution is 6.34. The molecule has 3 aromatic rings. The lowest BCUT2D eigenvalue weighted by Gasteiger charge is -2.09. The van der Waals surface area contributed by atoms with Gasteiger partial charge in [0, 0.05) is 11.8 Å². The van der Waals surface area contributed by atoms with Crippen molar-refractivity contribution >= 4 is 34.7 Å². The van der Waals surface area contributed by atoms with Crippen molar-refractivity contribution in [3.05, 3.63) is 82.8 Å². The number of amides is 1. The second kappa shape index (κ2) is 7.45. The van der Waals surface area contributed by atoms with Gasteiger partial charge in [0.25, 0.3) is 5.91 Å². The van der Waals surface area contributed by atoms with Crippen molar-refractivity contribution in [3.8, 4) is 0 Å². The normalized spacial score (nSPS) is 10.5. The van der Waals surface area contributed by atoms with Gasteiger partial charge in [0.15, 0.2) is 11.6 Å². The number of carbonyl (C=O) groups is 1. The first-order valence-corrected chi connectivity index (χ1v) is 7.75. The maximum atomic E-state index is 13.7. The van der Waals surface area contributed by atoms with Crippen molar-refractivity contribution in [2.24, 2.45) is 0 Å². The molecular formula is C18H11ClF3N3O. The molecule has 0 fully saturated rings. The molecule has 1 amide bonds. The summed E-state index contributed by atoms with van der Waals surface area (Å²) >= 11 is 5.85. The Morgan fingerprint density at radius 3 is 2.35 bits per heavy atom. The number of aromatic nitrogens is 1. The Hall–Kier alpha value is -3.06. The lowest BCUT2D eigenvalue weighted by Crippen LogP contribution is -2.14. The summed E-state index contributed by atoms with van der Waals surface area (Å²) in [6.45, 7) is 0. The van der Waals surface area contributed by atoms with Crippen molar-refractivity contribution in [1.29, 1.82) is 0 Å². The quantitative estimate of drug-likeness (QED) is 0.661. The van der Waals surface area contributed by atoms with Crippen LogP contribution in [0.5, 0.6) is 0 Å². The highest BCUT2D eigenvalue weighted by atomic mass is 35.5. The van der Waals surface area contributed by atoms with E-state index in [2.05, 4.69) is 15.6 Å². The number of benzene rings is 2. The van der Waals surface area contributed by atoms with Crippen molar-refractivity contribution < 1.29 is 18.0 Å². The summed E-state index contributed by atoms with van der Waals surface area (Å²) in [7, 11) is 0. The van der Waals surface area contributed by atoms with Crippen LogP contribution in [0, 0.1) is 17.5 Å². The molecule has 0 aliphatic heterocycles. The molecule has 0 unspecified atom stereocenters. The van der Waals surface area contributed by atoms with E-state index in [0.717, 1.165) is 18.2 Å². The maximum absolute atomic E-state index is 13.7. The van der Waals surface area contributed by atoms with Gasteiger partial charge in [-0.2, -0.15) is 0 Å². The monoisotopic (exact) mass is 377 g/mol. The number of nitrogens with zero attached hydrogens (tertiary/aromatic N) is 1. The number of hydrogen-bond acceptors (Lipinski definition) is 3. The molecule has 1 heterocycles. The first-order valence-electron chi connectivity index (χ1n) is 7.37. The summed E-state index contributed by atoms with van der Waals surface area (Å²) in [5, 5.41) is 5.27. The van der Waals surface area contributed by atoms with E-state index in [9.17, 15) is 18.0 Å². The van der Waals surface area contributed by atoms with E-state index in [1.807, 2.05) is 0 Å². The third-order valence-corrected chi connectivity index (χ3v) is 3.72. The molecule has 8 heteroatoms. The van der Waals surface area contributed by atoms with Crippen molar-refractivity contribution in [1.82, 2.24) is 4.98 Å². The standard InChI is InChI=1S/C18H11ClF3N3O/c19-12-2-1-3-14(21)17(12)18(26)25-11-5-7-16(23-9-11)24-10-4-6-13(20)15(22)8-10/h1-9H,(H,23,24)(H,25,26).